The average Bonchev–Trinajstić information content (AvgIpc) is 3.52. The lowest BCUT2D eigenvalue weighted by atomic mass is 10.0. The van der Waals surface area contributed by atoms with Crippen LogP contribution in [0.4, 0.5) is 19.5 Å². The van der Waals surface area contributed by atoms with Crippen molar-refractivity contribution in [3.05, 3.63) is 63.5 Å². The third-order valence-corrected chi connectivity index (χ3v) is 6.64. The molecule has 1 atom stereocenters. The predicted octanol–water partition coefficient (Wildman–Crippen LogP) is 1.98. The quantitative estimate of drug-likeness (QED) is 0.512. The molecule has 0 radical (unpaired) electrons. The van der Waals surface area contributed by atoms with Crippen molar-refractivity contribution in [1.29, 1.82) is 5.26 Å². The van der Waals surface area contributed by atoms with Crippen molar-refractivity contribution in [2.45, 2.75) is 32.9 Å². The van der Waals surface area contributed by atoms with Crippen LogP contribution in [0.3, 0.4) is 0 Å². The minimum Gasteiger partial charge on any atom is -0.337 e. The minimum atomic E-state index is -0.781. The van der Waals surface area contributed by atoms with E-state index in [0.717, 1.165) is 10.9 Å². The van der Waals surface area contributed by atoms with Crippen molar-refractivity contribution in [3.63, 3.8) is 0 Å². The number of hydrogen-bond acceptors (Lipinski definition) is 8. The van der Waals surface area contributed by atoms with Crippen LogP contribution >= 0.6 is 0 Å². The summed E-state index contributed by atoms with van der Waals surface area (Å²) in [6.45, 7) is 5.09. The van der Waals surface area contributed by atoms with Gasteiger partial charge in [-0.1, -0.05) is 12.1 Å². The van der Waals surface area contributed by atoms with Crippen LogP contribution in [0.25, 0.3) is 5.82 Å². The molecule has 0 aliphatic carbocycles. The molecule has 3 aromatic rings. The molecule has 14 heteroatoms. The first-order chi connectivity index (χ1) is 18.3. The van der Waals surface area contributed by atoms with Crippen LogP contribution < -0.4 is 10.6 Å². The highest BCUT2D eigenvalue weighted by molar-refractivity contribution is 5.79. The smallest absolute Gasteiger partial charge is 0.337 e. The summed E-state index contributed by atoms with van der Waals surface area (Å²) < 4.78 is 31.7. The maximum Gasteiger partial charge on any atom is 0.352 e. The monoisotopic (exact) mass is 522 g/mol. The van der Waals surface area contributed by atoms with Gasteiger partial charge in [0.2, 0.25) is 5.95 Å². The highest BCUT2D eigenvalue weighted by atomic mass is 19.1. The number of benzene rings is 1. The summed E-state index contributed by atoms with van der Waals surface area (Å²) in [5, 5.41) is 18.7. The van der Waals surface area contributed by atoms with Gasteiger partial charge in [0, 0.05) is 50.9 Å². The Morgan fingerprint density at radius 1 is 1.21 bits per heavy atom. The molecule has 0 spiro atoms. The number of rotatable bonds is 4. The van der Waals surface area contributed by atoms with Crippen LogP contribution in [-0.4, -0.2) is 72.6 Å². The molecule has 2 aliphatic heterocycles. The molecule has 1 unspecified atom stereocenters. The van der Waals surface area contributed by atoms with Crippen molar-refractivity contribution in [2.24, 2.45) is 5.10 Å². The Balaban J connectivity index is 1.30. The van der Waals surface area contributed by atoms with E-state index >= 15 is 0 Å². The minimum absolute atomic E-state index is 0.0898. The summed E-state index contributed by atoms with van der Waals surface area (Å²) in [7, 11) is 0. The molecule has 2 aromatic heterocycles. The van der Waals surface area contributed by atoms with Gasteiger partial charge in [-0.2, -0.15) is 20.0 Å². The third-order valence-electron chi connectivity index (χ3n) is 6.64. The normalized spacial score (nSPS) is 17.2. The Kier molecular flexibility index (Phi) is 6.58. The number of hydrogen-bond donors (Lipinski definition) is 0. The third kappa shape index (κ3) is 4.25. The number of carbonyl (C=O) groups is 1. The molecule has 1 saturated heterocycles. The second-order valence-corrected chi connectivity index (χ2v) is 8.80. The number of halogens is 2. The standard InChI is InChI=1S/C24H24F2N10O2/c1-3-34-15(2)31-36(24(34)38)21-18(25)14-28-22(30-21)32-9-11-33(12-10-32)23(37)35-19(7-8-29-35)17-6-4-5-16(13-27)20(17)26/h4-6,8,14,19H,3,7,9-12H2,1-2H3. The molecule has 38 heavy (non-hydrogen) atoms. The topological polar surface area (TPSA) is 129 Å². The van der Waals surface area contributed by atoms with E-state index in [1.54, 1.807) is 42.0 Å². The Morgan fingerprint density at radius 3 is 2.66 bits per heavy atom. The molecule has 2 aliphatic rings. The lowest BCUT2D eigenvalue weighted by Gasteiger charge is -2.37. The van der Waals surface area contributed by atoms with Gasteiger partial charge in [0.1, 0.15) is 17.7 Å². The summed E-state index contributed by atoms with van der Waals surface area (Å²) in [4.78, 5) is 37.6. The molecule has 0 N–H and O–H groups in total. The molecule has 12 nitrogen and oxygen atoms in total. The first-order valence-electron chi connectivity index (χ1n) is 12.1. The zero-order valence-electron chi connectivity index (χ0n) is 20.8. The van der Waals surface area contributed by atoms with E-state index in [1.165, 1.54) is 15.6 Å². The van der Waals surface area contributed by atoms with Crippen molar-refractivity contribution >= 4 is 18.2 Å². The van der Waals surface area contributed by atoms with Gasteiger partial charge >= 0.3 is 11.7 Å². The van der Waals surface area contributed by atoms with E-state index in [4.69, 9.17) is 5.26 Å². The first-order valence-corrected chi connectivity index (χ1v) is 12.1. The van der Waals surface area contributed by atoms with Crippen LogP contribution in [0.15, 0.2) is 34.3 Å². The van der Waals surface area contributed by atoms with Crippen molar-refractivity contribution in [1.82, 2.24) is 34.2 Å². The number of nitriles is 1. The second kappa shape index (κ2) is 10.0. The van der Waals surface area contributed by atoms with E-state index < -0.39 is 29.4 Å². The number of aryl methyl sites for hydroxylation is 1. The second-order valence-electron chi connectivity index (χ2n) is 8.80. The molecular weight excluding hydrogens is 498 g/mol. The lowest BCUT2D eigenvalue weighted by Crippen LogP contribution is -2.52. The van der Waals surface area contributed by atoms with Gasteiger partial charge in [0.25, 0.3) is 0 Å². The zero-order valence-corrected chi connectivity index (χ0v) is 20.8. The molecule has 0 bridgehead atoms. The van der Waals surface area contributed by atoms with Gasteiger partial charge < -0.3 is 9.80 Å². The number of aromatic nitrogens is 5. The highest BCUT2D eigenvalue weighted by Gasteiger charge is 2.35. The predicted molar refractivity (Wildman–Crippen MR) is 132 cm³/mol. The fourth-order valence-electron chi connectivity index (χ4n) is 4.64. The molecule has 196 valence electrons. The van der Waals surface area contributed by atoms with Gasteiger partial charge in [-0.05, 0) is 19.9 Å². The number of piperazine rings is 1. The largest absolute Gasteiger partial charge is 0.352 e. The van der Waals surface area contributed by atoms with E-state index in [-0.39, 0.29) is 36.0 Å². The summed E-state index contributed by atoms with van der Waals surface area (Å²) in [5.74, 6) is -1.04. The Morgan fingerprint density at radius 2 is 1.97 bits per heavy atom. The maximum atomic E-state index is 14.8. The van der Waals surface area contributed by atoms with Gasteiger partial charge in [-0.15, -0.1) is 5.10 Å². The Bertz CT molecular complexity index is 1520. The van der Waals surface area contributed by atoms with Gasteiger partial charge in [-0.25, -0.2) is 28.4 Å². The summed E-state index contributed by atoms with van der Waals surface area (Å²) >= 11 is 0. The van der Waals surface area contributed by atoms with Crippen LogP contribution in [0, 0.1) is 29.9 Å². The lowest BCUT2D eigenvalue weighted by molar-refractivity contribution is 0.138. The van der Waals surface area contributed by atoms with Crippen molar-refractivity contribution in [3.8, 4) is 11.9 Å². The Hall–Kier alpha value is -4.67. The van der Waals surface area contributed by atoms with E-state index in [9.17, 15) is 18.4 Å². The number of urea groups is 1. The molecular formula is C24H24F2N10O2. The molecule has 5 rings (SSSR count). The number of nitrogens with zero attached hydrogens (tertiary/aromatic N) is 10. The molecule has 0 saturated carbocycles. The molecule has 4 heterocycles. The molecule has 1 aromatic carbocycles. The van der Waals surface area contributed by atoms with E-state index in [2.05, 4.69) is 20.2 Å². The van der Waals surface area contributed by atoms with Crippen LogP contribution in [-0.2, 0) is 6.54 Å². The van der Waals surface area contributed by atoms with Crippen molar-refractivity contribution < 1.29 is 13.6 Å². The fourth-order valence-corrected chi connectivity index (χ4v) is 4.64. The zero-order chi connectivity index (χ0) is 27.0. The van der Waals surface area contributed by atoms with Gasteiger partial charge in [-0.3, -0.25) is 4.57 Å². The number of anilines is 1. The van der Waals surface area contributed by atoms with Crippen molar-refractivity contribution in [2.75, 3.05) is 31.1 Å². The summed E-state index contributed by atoms with van der Waals surface area (Å²) in [5.41, 5.74) is -0.355. The molecule has 2 amide bonds. The number of hydrazone groups is 1. The van der Waals surface area contributed by atoms with E-state index in [0.29, 0.717) is 31.9 Å². The summed E-state index contributed by atoms with van der Waals surface area (Å²) in [6, 6.07) is 5.29. The van der Waals surface area contributed by atoms with Crippen LogP contribution in [0.5, 0.6) is 0 Å². The fraction of sp³-hybridized carbons (Fsp3) is 0.375. The summed E-state index contributed by atoms with van der Waals surface area (Å²) in [6.07, 6.45) is 2.88. The average molecular weight is 523 g/mol. The van der Waals surface area contributed by atoms with Crippen LogP contribution in [0.2, 0.25) is 0 Å². The van der Waals surface area contributed by atoms with Gasteiger partial charge in [0.15, 0.2) is 11.6 Å². The first kappa shape index (κ1) is 25.0. The SMILES string of the molecule is CCn1c(C)nn(-c2nc(N3CCN(C(=O)N4N=CCC4c4cccc(C#N)c4F)CC3)ncc2F)c1=O. The maximum absolute atomic E-state index is 14.8. The molecule has 1 fully saturated rings. The van der Waals surface area contributed by atoms with Crippen LogP contribution in [0.1, 0.15) is 36.3 Å². The van der Waals surface area contributed by atoms with E-state index in [1.807, 2.05) is 6.07 Å². The number of amides is 2. The number of carbonyl (C=O) groups excluding carboxylic acids is 1. The Labute approximate surface area is 216 Å². The van der Waals surface area contributed by atoms with Gasteiger partial charge in [0.05, 0.1) is 17.8 Å². The highest BCUT2D eigenvalue weighted by Crippen LogP contribution is 2.32.